The molecule has 0 unspecified atom stereocenters. The first kappa shape index (κ1) is 19.4. The van der Waals surface area contributed by atoms with E-state index < -0.39 is 6.04 Å². The molecule has 0 saturated carbocycles. The number of halogens is 1. The molecule has 0 aliphatic carbocycles. The summed E-state index contributed by atoms with van der Waals surface area (Å²) in [6.07, 6.45) is 1.09. The van der Waals surface area contributed by atoms with Crippen LogP contribution in [0.5, 0.6) is 11.5 Å². The number of nitrogens with two attached hydrogens (primary N) is 1. The summed E-state index contributed by atoms with van der Waals surface area (Å²) in [7, 11) is 0. The van der Waals surface area contributed by atoms with Gasteiger partial charge in [0.1, 0.15) is 17.3 Å². The number of carbonyl (C=O) groups is 2. The van der Waals surface area contributed by atoms with Crippen LogP contribution in [0.4, 0.5) is 10.1 Å². The first-order valence-electron chi connectivity index (χ1n) is 8.28. The van der Waals surface area contributed by atoms with Crippen LogP contribution < -0.4 is 21.1 Å². The predicted octanol–water partition coefficient (Wildman–Crippen LogP) is 2.80. The molecule has 0 heterocycles. The van der Waals surface area contributed by atoms with Crippen LogP contribution in [0.25, 0.3) is 0 Å². The predicted molar refractivity (Wildman–Crippen MR) is 97.4 cm³/mol. The second kappa shape index (κ2) is 9.53. The third-order valence-corrected chi connectivity index (χ3v) is 3.57. The SMILES string of the molecule is CC(=O)NCCC[C@H](N)C(=O)Nc1ccc(Oc2ccc(F)cc2)cc1. The molecular formula is C19H22FN3O3. The average molecular weight is 359 g/mol. The van der Waals surface area contributed by atoms with Crippen LogP contribution in [0.2, 0.25) is 0 Å². The van der Waals surface area contributed by atoms with Crippen molar-refractivity contribution in [3.63, 3.8) is 0 Å². The third kappa shape index (κ3) is 6.52. The second-order valence-electron chi connectivity index (χ2n) is 5.80. The van der Waals surface area contributed by atoms with Gasteiger partial charge in [-0.1, -0.05) is 0 Å². The van der Waals surface area contributed by atoms with Gasteiger partial charge in [0.05, 0.1) is 6.04 Å². The number of carbonyl (C=O) groups excluding carboxylic acids is 2. The van der Waals surface area contributed by atoms with Gasteiger partial charge in [0.25, 0.3) is 0 Å². The van der Waals surface area contributed by atoms with E-state index in [0.29, 0.717) is 36.6 Å². The molecule has 4 N–H and O–H groups in total. The number of hydrogen-bond acceptors (Lipinski definition) is 4. The summed E-state index contributed by atoms with van der Waals surface area (Å²) in [5.41, 5.74) is 6.44. The maximum Gasteiger partial charge on any atom is 0.241 e. The summed E-state index contributed by atoms with van der Waals surface area (Å²) in [5, 5.41) is 5.39. The molecule has 7 heteroatoms. The van der Waals surface area contributed by atoms with Crippen molar-refractivity contribution in [3.8, 4) is 11.5 Å². The topological polar surface area (TPSA) is 93.5 Å². The molecule has 0 fully saturated rings. The standard InChI is InChI=1S/C19H22FN3O3/c1-13(24)22-12-2-3-18(21)19(25)23-15-6-10-17(11-7-15)26-16-8-4-14(20)5-9-16/h4-11,18H,2-3,12,21H2,1H3,(H,22,24)(H,23,25)/t18-/m0/s1. The van der Waals surface area contributed by atoms with Crippen LogP contribution >= 0.6 is 0 Å². The van der Waals surface area contributed by atoms with E-state index >= 15 is 0 Å². The maximum absolute atomic E-state index is 12.9. The number of nitrogens with one attached hydrogen (secondary N) is 2. The highest BCUT2D eigenvalue weighted by Crippen LogP contribution is 2.23. The minimum absolute atomic E-state index is 0.106. The molecule has 2 aromatic rings. The van der Waals surface area contributed by atoms with Gasteiger partial charge in [-0.3, -0.25) is 9.59 Å². The van der Waals surface area contributed by atoms with E-state index in [9.17, 15) is 14.0 Å². The van der Waals surface area contributed by atoms with Crippen molar-refractivity contribution in [3.05, 3.63) is 54.3 Å². The van der Waals surface area contributed by atoms with Gasteiger partial charge in [-0.25, -0.2) is 4.39 Å². The molecule has 0 aliphatic heterocycles. The highest BCUT2D eigenvalue weighted by Gasteiger charge is 2.13. The summed E-state index contributed by atoms with van der Waals surface area (Å²) in [6.45, 7) is 1.93. The summed E-state index contributed by atoms with van der Waals surface area (Å²) >= 11 is 0. The molecule has 26 heavy (non-hydrogen) atoms. The zero-order valence-corrected chi connectivity index (χ0v) is 14.5. The molecule has 6 nitrogen and oxygen atoms in total. The Bertz CT molecular complexity index is 733. The molecule has 1 atom stereocenters. The van der Waals surface area contributed by atoms with Crippen molar-refractivity contribution < 1.29 is 18.7 Å². The van der Waals surface area contributed by atoms with Gasteiger partial charge in [-0.2, -0.15) is 0 Å². The first-order valence-corrected chi connectivity index (χ1v) is 8.28. The molecule has 138 valence electrons. The molecule has 2 rings (SSSR count). The smallest absolute Gasteiger partial charge is 0.241 e. The fourth-order valence-electron chi connectivity index (χ4n) is 2.20. The van der Waals surface area contributed by atoms with E-state index in [-0.39, 0.29) is 17.6 Å². The Hall–Kier alpha value is -2.93. The number of amides is 2. The Morgan fingerprint density at radius 3 is 2.23 bits per heavy atom. The van der Waals surface area contributed by atoms with Crippen LogP contribution in [-0.2, 0) is 9.59 Å². The zero-order chi connectivity index (χ0) is 18.9. The third-order valence-electron chi connectivity index (χ3n) is 3.57. The van der Waals surface area contributed by atoms with Crippen molar-refractivity contribution in [2.45, 2.75) is 25.8 Å². The van der Waals surface area contributed by atoms with Crippen molar-refractivity contribution in [1.82, 2.24) is 5.32 Å². The fourth-order valence-corrected chi connectivity index (χ4v) is 2.20. The lowest BCUT2D eigenvalue weighted by molar-refractivity contribution is -0.119. The number of benzene rings is 2. The van der Waals surface area contributed by atoms with Crippen LogP contribution in [0, 0.1) is 5.82 Å². The highest BCUT2D eigenvalue weighted by molar-refractivity contribution is 5.94. The number of ether oxygens (including phenoxy) is 1. The Morgan fingerprint density at radius 2 is 1.65 bits per heavy atom. The van der Waals surface area contributed by atoms with E-state index in [1.54, 1.807) is 24.3 Å². The molecular weight excluding hydrogens is 337 g/mol. The second-order valence-corrected chi connectivity index (χ2v) is 5.80. The fraction of sp³-hybridized carbons (Fsp3) is 0.263. The molecule has 0 aromatic heterocycles. The molecule has 0 spiro atoms. The Kier molecular flexibility index (Phi) is 7.11. The Morgan fingerprint density at radius 1 is 1.08 bits per heavy atom. The van der Waals surface area contributed by atoms with E-state index in [0.717, 1.165) is 0 Å². The maximum atomic E-state index is 12.9. The Balaban J connectivity index is 1.81. The summed E-state index contributed by atoms with van der Waals surface area (Å²) in [5.74, 6) is 0.355. The van der Waals surface area contributed by atoms with Crippen LogP contribution in [0.15, 0.2) is 48.5 Å². The average Bonchev–Trinajstić information content (AvgIpc) is 2.62. The monoisotopic (exact) mass is 359 g/mol. The summed E-state index contributed by atoms with van der Waals surface area (Å²) < 4.78 is 18.5. The van der Waals surface area contributed by atoms with Crippen molar-refractivity contribution in [2.24, 2.45) is 5.73 Å². The minimum atomic E-state index is -0.654. The minimum Gasteiger partial charge on any atom is -0.457 e. The largest absolute Gasteiger partial charge is 0.457 e. The van der Waals surface area contributed by atoms with Crippen molar-refractivity contribution in [1.29, 1.82) is 0 Å². The van der Waals surface area contributed by atoms with Gasteiger partial charge < -0.3 is 21.1 Å². The Labute approximate surface area is 151 Å². The molecule has 0 bridgehead atoms. The number of anilines is 1. The van der Waals surface area contributed by atoms with Gasteiger partial charge in [-0.15, -0.1) is 0 Å². The van der Waals surface area contributed by atoms with Crippen molar-refractivity contribution in [2.75, 3.05) is 11.9 Å². The molecule has 0 aliphatic rings. The normalized spacial score (nSPS) is 11.5. The van der Waals surface area contributed by atoms with Gasteiger partial charge >= 0.3 is 0 Å². The van der Waals surface area contributed by atoms with Crippen LogP contribution in [0.1, 0.15) is 19.8 Å². The van der Waals surface area contributed by atoms with E-state index in [2.05, 4.69) is 10.6 Å². The van der Waals surface area contributed by atoms with Gasteiger partial charge in [0, 0.05) is 19.2 Å². The van der Waals surface area contributed by atoms with Gasteiger partial charge in [0.2, 0.25) is 11.8 Å². The first-order chi connectivity index (χ1) is 12.4. The van der Waals surface area contributed by atoms with E-state index in [4.69, 9.17) is 10.5 Å². The van der Waals surface area contributed by atoms with E-state index in [1.165, 1.54) is 31.2 Å². The van der Waals surface area contributed by atoms with Gasteiger partial charge in [0.15, 0.2) is 0 Å². The van der Waals surface area contributed by atoms with Crippen LogP contribution in [-0.4, -0.2) is 24.4 Å². The summed E-state index contributed by atoms with van der Waals surface area (Å²) in [6, 6.07) is 11.8. The molecule has 0 saturated heterocycles. The summed E-state index contributed by atoms with van der Waals surface area (Å²) in [4.78, 5) is 22.8. The van der Waals surface area contributed by atoms with Crippen molar-refractivity contribution >= 4 is 17.5 Å². The van der Waals surface area contributed by atoms with Crippen LogP contribution in [0.3, 0.4) is 0 Å². The lowest BCUT2D eigenvalue weighted by Crippen LogP contribution is -2.36. The van der Waals surface area contributed by atoms with Gasteiger partial charge in [-0.05, 0) is 61.4 Å². The lowest BCUT2D eigenvalue weighted by Gasteiger charge is -2.13. The zero-order valence-electron chi connectivity index (χ0n) is 14.5. The molecule has 0 radical (unpaired) electrons. The number of rotatable bonds is 8. The quantitative estimate of drug-likeness (QED) is 0.632. The molecule has 2 aromatic carbocycles. The highest BCUT2D eigenvalue weighted by atomic mass is 19.1. The molecule has 2 amide bonds. The number of hydrogen-bond donors (Lipinski definition) is 3. The van der Waals surface area contributed by atoms with E-state index in [1.807, 2.05) is 0 Å². The lowest BCUT2D eigenvalue weighted by atomic mass is 10.1.